The van der Waals surface area contributed by atoms with Gasteiger partial charge in [-0.05, 0) is 73.2 Å². The maximum absolute atomic E-state index is 13.7. The topological polar surface area (TPSA) is 90.1 Å². The molecule has 1 unspecified atom stereocenters. The Morgan fingerprint density at radius 1 is 1.11 bits per heavy atom. The molecule has 2 amide bonds. The number of carbonyl (C=O) groups is 1. The zero-order valence-electron chi connectivity index (χ0n) is 21.7. The molecule has 3 heterocycles. The maximum Gasteiger partial charge on any atom is 0.320 e. The highest BCUT2D eigenvalue weighted by atomic mass is 32.2. The second kappa shape index (κ2) is 11.1. The minimum atomic E-state index is -0.833. The molecule has 3 aromatic rings. The molecule has 1 fully saturated rings. The van der Waals surface area contributed by atoms with Crippen LogP contribution in [0.4, 0.5) is 4.79 Å². The predicted octanol–water partition coefficient (Wildman–Crippen LogP) is 4.30. The number of amides is 2. The van der Waals surface area contributed by atoms with Gasteiger partial charge >= 0.3 is 6.03 Å². The zero-order chi connectivity index (χ0) is 25.9. The van der Waals surface area contributed by atoms with Crippen molar-refractivity contribution in [1.82, 2.24) is 14.8 Å². The predicted molar refractivity (Wildman–Crippen MR) is 145 cm³/mol. The number of aromatic amines is 1. The fourth-order valence-electron chi connectivity index (χ4n) is 5.47. The lowest BCUT2D eigenvalue weighted by Gasteiger charge is -2.41. The number of methoxy groups -OCH3 is 2. The molecular formula is C28H35N3O5S. The number of rotatable bonds is 7. The summed E-state index contributed by atoms with van der Waals surface area (Å²) in [5, 5.41) is 1.14. The number of fused-ring (bicyclic) bond motifs is 2. The molecule has 8 nitrogen and oxygen atoms in total. The Balaban J connectivity index is 1.47. The van der Waals surface area contributed by atoms with Gasteiger partial charge in [-0.15, -0.1) is 0 Å². The van der Waals surface area contributed by atoms with Crippen LogP contribution >= 0.6 is 0 Å². The quantitative estimate of drug-likeness (QED) is 0.465. The first kappa shape index (κ1) is 25.6. The van der Waals surface area contributed by atoms with Gasteiger partial charge in [0.1, 0.15) is 17.3 Å². The molecule has 2 aliphatic heterocycles. The third-order valence-corrected chi connectivity index (χ3v) is 8.71. The summed E-state index contributed by atoms with van der Waals surface area (Å²) >= 11 is -0.833. The number of hydrogen-bond donors (Lipinski definition) is 1. The first-order chi connectivity index (χ1) is 18.0. The third kappa shape index (κ3) is 5.20. The van der Waals surface area contributed by atoms with E-state index in [1.54, 1.807) is 14.2 Å². The van der Waals surface area contributed by atoms with E-state index in [4.69, 9.17) is 14.2 Å². The largest absolute Gasteiger partial charge is 0.616 e. The molecule has 0 saturated carbocycles. The Morgan fingerprint density at radius 3 is 2.65 bits per heavy atom. The molecule has 2 aliphatic rings. The van der Waals surface area contributed by atoms with E-state index in [0.29, 0.717) is 43.5 Å². The number of hydrogen-bond acceptors (Lipinski definition) is 5. The molecule has 1 N–H and O–H groups in total. The summed E-state index contributed by atoms with van der Waals surface area (Å²) in [7, 11) is 3.34. The standard InChI is InChI=1S/C28H35N3O5S/c1-4-36-27-17-23-19(15-26(27)35-3)9-10-31(28(32)30-11-13-37(33)14-12-30)25(23)8-5-20-18-29-24-7-6-21(34-2)16-22(20)24/h6-7,15-18,25,29H,4-5,8-14H2,1-3H3. The van der Waals surface area contributed by atoms with Crippen molar-refractivity contribution in [3.05, 3.63) is 53.2 Å². The van der Waals surface area contributed by atoms with E-state index in [1.165, 1.54) is 11.1 Å². The average Bonchev–Trinajstić information content (AvgIpc) is 3.33. The van der Waals surface area contributed by atoms with Gasteiger partial charge in [0.15, 0.2) is 11.5 Å². The molecule has 0 bridgehead atoms. The molecule has 9 heteroatoms. The van der Waals surface area contributed by atoms with E-state index in [9.17, 15) is 9.35 Å². The van der Waals surface area contributed by atoms with E-state index in [1.807, 2.05) is 28.9 Å². The van der Waals surface area contributed by atoms with Crippen molar-refractivity contribution in [1.29, 1.82) is 0 Å². The minimum absolute atomic E-state index is 0.0294. The number of carbonyl (C=O) groups excluding carboxylic acids is 1. The Morgan fingerprint density at radius 2 is 1.92 bits per heavy atom. The van der Waals surface area contributed by atoms with Crippen molar-refractivity contribution in [2.24, 2.45) is 0 Å². The summed E-state index contributed by atoms with van der Waals surface area (Å²) < 4.78 is 28.9. The van der Waals surface area contributed by atoms with Crippen molar-refractivity contribution in [3.63, 3.8) is 0 Å². The molecule has 1 atom stereocenters. The second-order valence-electron chi connectivity index (χ2n) is 9.48. The molecule has 0 radical (unpaired) electrons. The maximum atomic E-state index is 13.7. The van der Waals surface area contributed by atoms with Crippen LogP contribution in [0.15, 0.2) is 36.5 Å². The van der Waals surface area contributed by atoms with Crippen LogP contribution in [0.3, 0.4) is 0 Å². The molecule has 0 spiro atoms. The lowest BCUT2D eigenvalue weighted by molar-refractivity contribution is 0.128. The van der Waals surface area contributed by atoms with Gasteiger partial charge in [0, 0.05) is 23.6 Å². The summed E-state index contributed by atoms with van der Waals surface area (Å²) in [5.41, 5.74) is 4.56. The molecule has 2 aromatic carbocycles. The number of nitrogens with zero attached hydrogens (tertiary/aromatic N) is 2. The van der Waals surface area contributed by atoms with Gasteiger partial charge < -0.3 is 33.5 Å². The molecule has 1 saturated heterocycles. The highest BCUT2D eigenvalue weighted by Crippen LogP contribution is 2.41. The fourth-order valence-corrected chi connectivity index (χ4v) is 6.52. The van der Waals surface area contributed by atoms with Crippen LogP contribution in [0.25, 0.3) is 10.9 Å². The number of benzene rings is 2. The molecule has 0 aliphatic carbocycles. The van der Waals surface area contributed by atoms with E-state index in [2.05, 4.69) is 29.4 Å². The van der Waals surface area contributed by atoms with Crippen molar-refractivity contribution >= 4 is 28.1 Å². The summed E-state index contributed by atoms with van der Waals surface area (Å²) in [6.45, 7) is 4.20. The van der Waals surface area contributed by atoms with Crippen LogP contribution in [-0.4, -0.2) is 77.3 Å². The van der Waals surface area contributed by atoms with Gasteiger partial charge in [-0.25, -0.2) is 4.79 Å². The van der Waals surface area contributed by atoms with Crippen molar-refractivity contribution in [2.75, 3.05) is 52.0 Å². The minimum Gasteiger partial charge on any atom is -0.616 e. The Hall–Kier alpha value is -3.04. The highest BCUT2D eigenvalue weighted by Gasteiger charge is 2.36. The lowest BCUT2D eigenvalue weighted by atomic mass is 9.88. The number of urea groups is 1. The van der Waals surface area contributed by atoms with Crippen LogP contribution in [0.2, 0.25) is 0 Å². The van der Waals surface area contributed by atoms with Crippen LogP contribution in [0.5, 0.6) is 17.2 Å². The Bertz CT molecular complexity index is 1250. The van der Waals surface area contributed by atoms with E-state index >= 15 is 0 Å². The zero-order valence-corrected chi connectivity index (χ0v) is 22.6. The monoisotopic (exact) mass is 525 g/mol. The number of aryl methyl sites for hydroxylation is 1. The van der Waals surface area contributed by atoms with E-state index in [0.717, 1.165) is 47.2 Å². The van der Waals surface area contributed by atoms with Crippen LogP contribution in [0, 0.1) is 0 Å². The fraction of sp³-hybridized carbons (Fsp3) is 0.464. The van der Waals surface area contributed by atoms with E-state index < -0.39 is 11.2 Å². The van der Waals surface area contributed by atoms with Gasteiger partial charge in [-0.1, -0.05) is 11.2 Å². The molecule has 5 rings (SSSR count). The van der Waals surface area contributed by atoms with Crippen molar-refractivity contribution in [2.45, 2.75) is 32.2 Å². The first-order valence-electron chi connectivity index (χ1n) is 12.9. The lowest BCUT2D eigenvalue weighted by Crippen LogP contribution is -2.52. The second-order valence-corrected chi connectivity index (χ2v) is 11.2. The Kier molecular flexibility index (Phi) is 7.71. The van der Waals surface area contributed by atoms with Crippen LogP contribution in [-0.2, 0) is 24.0 Å². The first-order valence-corrected chi connectivity index (χ1v) is 14.4. The SMILES string of the molecule is CCOc1cc2c(cc1OC)CCN(C(=O)N1CC[S+]([O-])CC1)C2CCc1c[nH]c2ccc(OC)cc12. The van der Waals surface area contributed by atoms with Crippen LogP contribution in [0.1, 0.15) is 36.1 Å². The summed E-state index contributed by atoms with van der Waals surface area (Å²) in [4.78, 5) is 21.0. The van der Waals surface area contributed by atoms with Crippen LogP contribution < -0.4 is 14.2 Å². The molecule has 198 valence electrons. The van der Waals surface area contributed by atoms with Crippen molar-refractivity contribution < 1.29 is 23.6 Å². The van der Waals surface area contributed by atoms with Gasteiger partial charge in [0.05, 0.1) is 40.0 Å². The van der Waals surface area contributed by atoms with E-state index in [-0.39, 0.29) is 12.1 Å². The van der Waals surface area contributed by atoms with Crippen molar-refractivity contribution in [3.8, 4) is 17.2 Å². The summed E-state index contributed by atoms with van der Waals surface area (Å²) in [6, 6.07) is 10.1. The molecule has 1 aromatic heterocycles. The molecular weight excluding hydrogens is 490 g/mol. The highest BCUT2D eigenvalue weighted by molar-refractivity contribution is 7.91. The summed E-state index contributed by atoms with van der Waals surface area (Å²) in [5.74, 6) is 3.34. The number of nitrogens with one attached hydrogen (secondary N) is 1. The van der Waals surface area contributed by atoms with Gasteiger partial charge in [-0.3, -0.25) is 0 Å². The number of ether oxygens (including phenoxy) is 3. The smallest absolute Gasteiger partial charge is 0.320 e. The molecule has 37 heavy (non-hydrogen) atoms. The number of H-pyrrole nitrogens is 1. The Labute approximate surface area is 221 Å². The normalized spacial score (nSPS) is 18.1. The van der Waals surface area contributed by atoms with Gasteiger partial charge in [0.25, 0.3) is 0 Å². The summed E-state index contributed by atoms with van der Waals surface area (Å²) in [6.07, 6.45) is 4.37. The third-order valence-electron chi connectivity index (χ3n) is 7.44. The van der Waals surface area contributed by atoms with Gasteiger partial charge in [-0.2, -0.15) is 0 Å². The average molecular weight is 526 g/mol. The van der Waals surface area contributed by atoms with Gasteiger partial charge in [0.2, 0.25) is 0 Å². The number of aromatic nitrogens is 1.